The second-order valence-electron chi connectivity index (χ2n) is 6.03. The molecule has 0 radical (unpaired) electrons. The van der Waals surface area contributed by atoms with Crippen LogP contribution in [0.4, 0.5) is 5.69 Å². The van der Waals surface area contributed by atoms with Gasteiger partial charge in [0.2, 0.25) is 0 Å². The topological polar surface area (TPSA) is 34.1 Å². The molecule has 0 aliphatic carbocycles. The number of halogens is 1. The maximum Gasteiger partial charge on any atom is 0.141 e. The average molecular weight is 349 g/mol. The van der Waals surface area contributed by atoms with Gasteiger partial charge in [0.05, 0.1) is 12.8 Å². The minimum atomic E-state index is 0.111. The first kappa shape index (κ1) is 15.8. The highest BCUT2D eigenvalue weighted by Gasteiger charge is 2.15. The molecule has 0 amide bonds. The van der Waals surface area contributed by atoms with Crippen molar-refractivity contribution in [1.82, 2.24) is 4.98 Å². The van der Waals surface area contributed by atoms with Crippen LogP contribution in [0.15, 0.2) is 41.1 Å². The zero-order chi connectivity index (χ0) is 15.5. The van der Waals surface area contributed by atoms with Gasteiger partial charge in [0.1, 0.15) is 5.75 Å². The van der Waals surface area contributed by atoms with E-state index in [1.807, 2.05) is 12.3 Å². The van der Waals surface area contributed by atoms with Gasteiger partial charge in [0.15, 0.2) is 0 Å². The molecule has 21 heavy (non-hydrogen) atoms. The van der Waals surface area contributed by atoms with E-state index in [0.29, 0.717) is 6.54 Å². The SMILES string of the molecule is COc1ccc(C(C)(C)C)cc1NCc1cncc(Br)c1. The Labute approximate surface area is 134 Å². The summed E-state index contributed by atoms with van der Waals surface area (Å²) in [4.78, 5) is 4.18. The molecule has 112 valence electrons. The van der Waals surface area contributed by atoms with E-state index in [9.17, 15) is 0 Å². The number of aromatic nitrogens is 1. The summed E-state index contributed by atoms with van der Waals surface area (Å²) in [5.74, 6) is 0.853. The first-order valence-electron chi connectivity index (χ1n) is 6.92. The monoisotopic (exact) mass is 348 g/mol. The lowest BCUT2D eigenvalue weighted by Crippen LogP contribution is -2.12. The van der Waals surface area contributed by atoms with E-state index in [0.717, 1.165) is 21.5 Å². The van der Waals surface area contributed by atoms with E-state index in [-0.39, 0.29) is 5.41 Å². The van der Waals surface area contributed by atoms with Crippen molar-refractivity contribution in [3.63, 3.8) is 0 Å². The summed E-state index contributed by atoms with van der Waals surface area (Å²) in [7, 11) is 1.69. The standard InChI is InChI=1S/C17H21BrN2O/c1-17(2,3)13-5-6-16(21-4)15(8-13)20-10-12-7-14(18)11-19-9-12/h5-9,11,20H,10H2,1-4H3. The molecule has 0 saturated carbocycles. The van der Waals surface area contributed by atoms with E-state index in [2.05, 4.69) is 65.2 Å². The smallest absolute Gasteiger partial charge is 0.141 e. The van der Waals surface area contributed by atoms with Gasteiger partial charge in [-0.05, 0) is 50.7 Å². The van der Waals surface area contributed by atoms with Gasteiger partial charge in [-0.2, -0.15) is 0 Å². The number of pyridine rings is 1. The lowest BCUT2D eigenvalue weighted by Gasteiger charge is -2.21. The van der Waals surface area contributed by atoms with Crippen molar-refractivity contribution in [2.45, 2.75) is 32.7 Å². The molecule has 0 fully saturated rings. The van der Waals surface area contributed by atoms with Crippen LogP contribution in [0.3, 0.4) is 0 Å². The quantitative estimate of drug-likeness (QED) is 0.864. The average Bonchev–Trinajstić information content (AvgIpc) is 2.44. The fraction of sp³-hybridized carbons (Fsp3) is 0.353. The van der Waals surface area contributed by atoms with Crippen molar-refractivity contribution >= 4 is 21.6 Å². The summed E-state index contributed by atoms with van der Waals surface area (Å²) in [5, 5.41) is 3.43. The van der Waals surface area contributed by atoms with Crippen LogP contribution < -0.4 is 10.1 Å². The third-order valence-electron chi connectivity index (χ3n) is 3.31. The molecule has 0 atom stereocenters. The molecule has 2 rings (SSSR count). The van der Waals surface area contributed by atoms with Gasteiger partial charge in [-0.1, -0.05) is 26.8 Å². The maximum absolute atomic E-state index is 5.44. The van der Waals surface area contributed by atoms with Crippen LogP contribution in [0.1, 0.15) is 31.9 Å². The number of ether oxygens (including phenoxy) is 1. The second kappa shape index (κ2) is 6.48. The zero-order valence-corrected chi connectivity index (χ0v) is 14.5. The van der Waals surface area contributed by atoms with E-state index in [1.54, 1.807) is 13.3 Å². The summed E-state index contributed by atoms with van der Waals surface area (Å²) in [6, 6.07) is 8.34. The summed E-state index contributed by atoms with van der Waals surface area (Å²) in [6.07, 6.45) is 3.64. The van der Waals surface area contributed by atoms with Crippen LogP contribution in [0.2, 0.25) is 0 Å². The number of hydrogen-bond donors (Lipinski definition) is 1. The summed E-state index contributed by atoms with van der Waals surface area (Å²) < 4.78 is 6.42. The summed E-state index contributed by atoms with van der Waals surface area (Å²) in [5.41, 5.74) is 3.51. The Hall–Kier alpha value is -1.55. The fourth-order valence-electron chi connectivity index (χ4n) is 2.06. The van der Waals surface area contributed by atoms with Gasteiger partial charge >= 0.3 is 0 Å². The van der Waals surface area contributed by atoms with Crippen LogP contribution in [-0.2, 0) is 12.0 Å². The van der Waals surface area contributed by atoms with Gasteiger partial charge < -0.3 is 10.1 Å². The Morgan fingerprint density at radius 3 is 2.57 bits per heavy atom. The first-order valence-corrected chi connectivity index (χ1v) is 7.71. The molecule has 0 bridgehead atoms. The molecular formula is C17H21BrN2O. The van der Waals surface area contributed by atoms with Crippen LogP contribution >= 0.6 is 15.9 Å². The first-order chi connectivity index (χ1) is 9.90. The van der Waals surface area contributed by atoms with Gasteiger partial charge in [-0.25, -0.2) is 0 Å². The van der Waals surface area contributed by atoms with E-state index in [4.69, 9.17) is 4.74 Å². The predicted octanol–water partition coefficient (Wildman–Crippen LogP) is 4.76. The van der Waals surface area contributed by atoms with Gasteiger partial charge in [0.25, 0.3) is 0 Å². The molecule has 0 saturated heterocycles. The van der Waals surface area contributed by atoms with Crippen LogP contribution in [0, 0.1) is 0 Å². The number of rotatable bonds is 4. The lowest BCUT2D eigenvalue weighted by molar-refractivity contribution is 0.416. The molecular weight excluding hydrogens is 328 g/mol. The third-order valence-corrected chi connectivity index (χ3v) is 3.74. The molecule has 3 nitrogen and oxygen atoms in total. The summed E-state index contributed by atoms with van der Waals surface area (Å²) in [6.45, 7) is 7.32. The summed E-state index contributed by atoms with van der Waals surface area (Å²) >= 11 is 3.44. The Morgan fingerprint density at radius 1 is 1.19 bits per heavy atom. The zero-order valence-electron chi connectivity index (χ0n) is 12.9. The lowest BCUT2D eigenvalue weighted by atomic mass is 9.87. The number of methoxy groups -OCH3 is 1. The van der Waals surface area contributed by atoms with Crippen molar-refractivity contribution < 1.29 is 4.74 Å². The van der Waals surface area contributed by atoms with Crippen molar-refractivity contribution in [1.29, 1.82) is 0 Å². The maximum atomic E-state index is 5.44. The predicted molar refractivity (Wildman–Crippen MR) is 91.0 cm³/mol. The fourth-order valence-corrected chi connectivity index (χ4v) is 2.47. The van der Waals surface area contributed by atoms with Gasteiger partial charge in [-0.3, -0.25) is 4.98 Å². The molecule has 0 unspecified atom stereocenters. The highest BCUT2D eigenvalue weighted by Crippen LogP contribution is 2.31. The Morgan fingerprint density at radius 2 is 1.95 bits per heavy atom. The normalized spacial score (nSPS) is 11.3. The molecule has 1 aromatic heterocycles. The van der Waals surface area contributed by atoms with Crippen molar-refractivity contribution in [3.8, 4) is 5.75 Å². The van der Waals surface area contributed by atoms with Gasteiger partial charge in [-0.15, -0.1) is 0 Å². The molecule has 0 aliphatic heterocycles. The number of anilines is 1. The molecule has 1 heterocycles. The molecule has 1 N–H and O–H groups in total. The molecule has 2 aromatic rings. The van der Waals surface area contributed by atoms with E-state index in [1.165, 1.54) is 5.56 Å². The minimum absolute atomic E-state index is 0.111. The van der Waals surface area contributed by atoms with Crippen molar-refractivity contribution in [3.05, 3.63) is 52.3 Å². The highest BCUT2D eigenvalue weighted by molar-refractivity contribution is 9.10. The molecule has 4 heteroatoms. The number of benzene rings is 1. The second-order valence-corrected chi connectivity index (χ2v) is 6.95. The van der Waals surface area contributed by atoms with E-state index >= 15 is 0 Å². The highest BCUT2D eigenvalue weighted by atomic mass is 79.9. The van der Waals surface area contributed by atoms with E-state index < -0.39 is 0 Å². The Balaban J connectivity index is 2.21. The van der Waals surface area contributed by atoms with Crippen LogP contribution in [0.5, 0.6) is 5.75 Å². The van der Waals surface area contributed by atoms with Gasteiger partial charge in [0, 0.05) is 23.4 Å². The minimum Gasteiger partial charge on any atom is -0.495 e. The number of nitrogens with one attached hydrogen (secondary N) is 1. The number of nitrogens with zero attached hydrogens (tertiary/aromatic N) is 1. The van der Waals surface area contributed by atoms with Crippen molar-refractivity contribution in [2.24, 2.45) is 0 Å². The third kappa shape index (κ3) is 4.21. The molecule has 0 aliphatic rings. The number of hydrogen-bond acceptors (Lipinski definition) is 3. The van der Waals surface area contributed by atoms with Crippen molar-refractivity contribution in [2.75, 3.05) is 12.4 Å². The molecule has 1 aromatic carbocycles. The van der Waals surface area contributed by atoms with Crippen LogP contribution in [-0.4, -0.2) is 12.1 Å². The Kier molecular flexibility index (Phi) is 4.88. The van der Waals surface area contributed by atoms with Crippen LogP contribution in [0.25, 0.3) is 0 Å². The molecule has 0 spiro atoms. The Bertz CT molecular complexity index is 620. The largest absolute Gasteiger partial charge is 0.495 e.